The molecule has 3 N–H and O–H groups in total. The van der Waals surface area contributed by atoms with E-state index < -0.39 is 0 Å². The van der Waals surface area contributed by atoms with Crippen LogP contribution in [0.3, 0.4) is 0 Å². The fourth-order valence-corrected chi connectivity index (χ4v) is 1.87. The van der Waals surface area contributed by atoms with Crippen molar-refractivity contribution in [3.05, 3.63) is 35.9 Å². The minimum absolute atomic E-state index is 0.114. The summed E-state index contributed by atoms with van der Waals surface area (Å²) in [5.41, 5.74) is 6.48. The highest BCUT2D eigenvalue weighted by Gasteiger charge is 2.19. The Kier molecular flexibility index (Phi) is 6.73. The molecule has 1 rings (SSSR count). The Balaban J connectivity index is 2.74. The molecule has 0 aliphatic carbocycles. The maximum absolute atomic E-state index is 11.8. The van der Waals surface area contributed by atoms with E-state index in [1.165, 1.54) is 0 Å². The molecule has 0 radical (unpaired) electrons. The van der Waals surface area contributed by atoms with Crippen LogP contribution >= 0.6 is 0 Å². The molecule has 1 amide bonds. The maximum atomic E-state index is 11.8. The molecule has 110 valence electrons. The molecule has 0 aliphatic heterocycles. The monoisotopic (exact) mass is 278 g/mol. The number of benzene rings is 1. The van der Waals surface area contributed by atoms with Crippen LogP contribution in [0.2, 0.25) is 0 Å². The van der Waals surface area contributed by atoms with Crippen LogP contribution in [0.4, 0.5) is 0 Å². The molecule has 0 fully saturated rings. The van der Waals surface area contributed by atoms with E-state index in [-0.39, 0.29) is 36.8 Å². The number of rotatable bonds is 7. The molecule has 0 saturated heterocycles. The van der Waals surface area contributed by atoms with Gasteiger partial charge >= 0.3 is 5.97 Å². The fraction of sp³-hybridized carbons (Fsp3) is 0.467. The number of amides is 1. The standard InChI is InChI=1S/C15H22N2O3/c1-3-20-15(19)10-13(12-7-5-4-6-8-12)17-14(18)9-11(2)16/h4-8,11,13H,3,9-10,16H2,1-2H3,(H,17,18). The molecule has 5 heteroatoms. The Bertz CT molecular complexity index is 432. The molecular weight excluding hydrogens is 256 g/mol. The van der Waals surface area contributed by atoms with Gasteiger partial charge in [-0.05, 0) is 19.4 Å². The summed E-state index contributed by atoms with van der Waals surface area (Å²) in [6.45, 7) is 3.85. The molecule has 0 aromatic heterocycles. The topological polar surface area (TPSA) is 81.4 Å². The summed E-state index contributed by atoms with van der Waals surface area (Å²) in [6, 6.07) is 8.76. The van der Waals surface area contributed by atoms with Gasteiger partial charge < -0.3 is 15.8 Å². The van der Waals surface area contributed by atoms with E-state index in [0.717, 1.165) is 5.56 Å². The molecule has 0 bridgehead atoms. The molecule has 0 aliphatic rings. The van der Waals surface area contributed by atoms with Crippen LogP contribution in [-0.2, 0) is 14.3 Å². The van der Waals surface area contributed by atoms with Crippen LogP contribution < -0.4 is 11.1 Å². The largest absolute Gasteiger partial charge is 0.466 e. The summed E-state index contributed by atoms with van der Waals surface area (Å²) >= 11 is 0. The number of esters is 1. The second-order valence-electron chi connectivity index (χ2n) is 4.72. The number of ether oxygens (including phenoxy) is 1. The van der Waals surface area contributed by atoms with Gasteiger partial charge in [-0.2, -0.15) is 0 Å². The van der Waals surface area contributed by atoms with Crippen molar-refractivity contribution in [2.24, 2.45) is 5.73 Å². The lowest BCUT2D eigenvalue weighted by atomic mass is 10.0. The van der Waals surface area contributed by atoms with Gasteiger partial charge in [-0.15, -0.1) is 0 Å². The van der Waals surface area contributed by atoms with Crippen molar-refractivity contribution in [3.8, 4) is 0 Å². The molecular formula is C15H22N2O3. The smallest absolute Gasteiger partial charge is 0.308 e. The predicted octanol–water partition coefficient (Wildman–Crippen LogP) is 1.53. The zero-order valence-electron chi connectivity index (χ0n) is 12.0. The zero-order valence-corrected chi connectivity index (χ0v) is 12.0. The highest BCUT2D eigenvalue weighted by atomic mass is 16.5. The van der Waals surface area contributed by atoms with Crippen LogP contribution in [0.15, 0.2) is 30.3 Å². The van der Waals surface area contributed by atoms with E-state index in [1.807, 2.05) is 30.3 Å². The summed E-state index contributed by atoms with van der Waals surface area (Å²) in [4.78, 5) is 23.5. The first-order chi connectivity index (χ1) is 9.52. The second kappa shape index (κ2) is 8.32. The molecule has 2 unspecified atom stereocenters. The minimum atomic E-state index is -0.388. The number of hydrogen-bond donors (Lipinski definition) is 2. The molecule has 0 spiro atoms. The number of nitrogens with two attached hydrogens (primary N) is 1. The average Bonchev–Trinajstić information content (AvgIpc) is 2.38. The van der Waals surface area contributed by atoms with Crippen molar-refractivity contribution < 1.29 is 14.3 Å². The summed E-state index contributed by atoms with van der Waals surface area (Å²) in [6.07, 6.45) is 0.342. The lowest BCUT2D eigenvalue weighted by Crippen LogP contribution is -2.34. The Morgan fingerprint density at radius 2 is 1.90 bits per heavy atom. The first-order valence-electron chi connectivity index (χ1n) is 6.78. The lowest BCUT2D eigenvalue weighted by Gasteiger charge is -2.19. The van der Waals surface area contributed by atoms with E-state index in [1.54, 1.807) is 13.8 Å². The van der Waals surface area contributed by atoms with Gasteiger partial charge in [-0.3, -0.25) is 9.59 Å². The molecule has 1 aromatic rings. The van der Waals surface area contributed by atoms with E-state index in [9.17, 15) is 9.59 Å². The van der Waals surface area contributed by atoms with Crippen molar-refractivity contribution in [1.82, 2.24) is 5.32 Å². The van der Waals surface area contributed by atoms with Crippen LogP contribution in [0.1, 0.15) is 38.3 Å². The Labute approximate surface area is 119 Å². The van der Waals surface area contributed by atoms with Gasteiger partial charge in [-0.25, -0.2) is 0 Å². The number of carbonyl (C=O) groups excluding carboxylic acids is 2. The van der Waals surface area contributed by atoms with Gasteiger partial charge in [0.2, 0.25) is 5.91 Å². The third kappa shape index (κ3) is 5.84. The quantitative estimate of drug-likeness (QED) is 0.741. The molecule has 2 atom stereocenters. The summed E-state index contributed by atoms with van der Waals surface area (Å²) in [5.74, 6) is -0.499. The fourth-order valence-electron chi connectivity index (χ4n) is 1.87. The first kappa shape index (κ1) is 16.2. The van der Waals surface area contributed by atoms with E-state index in [2.05, 4.69) is 5.32 Å². The highest BCUT2D eigenvalue weighted by Crippen LogP contribution is 2.17. The number of nitrogens with one attached hydrogen (secondary N) is 1. The van der Waals surface area contributed by atoms with Crippen LogP contribution in [0.5, 0.6) is 0 Å². The Hall–Kier alpha value is -1.88. The SMILES string of the molecule is CCOC(=O)CC(NC(=O)CC(C)N)c1ccccc1. The van der Waals surface area contributed by atoms with Crippen LogP contribution in [0.25, 0.3) is 0 Å². The van der Waals surface area contributed by atoms with Gasteiger partial charge in [0.25, 0.3) is 0 Å². The van der Waals surface area contributed by atoms with Crippen molar-refractivity contribution in [3.63, 3.8) is 0 Å². The Morgan fingerprint density at radius 3 is 2.45 bits per heavy atom. The van der Waals surface area contributed by atoms with Crippen molar-refractivity contribution in [1.29, 1.82) is 0 Å². The average molecular weight is 278 g/mol. The van der Waals surface area contributed by atoms with Crippen LogP contribution in [-0.4, -0.2) is 24.5 Å². The van der Waals surface area contributed by atoms with Crippen LogP contribution in [0, 0.1) is 0 Å². The van der Waals surface area contributed by atoms with Crippen molar-refractivity contribution in [2.75, 3.05) is 6.61 Å². The van der Waals surface area contributed by atoms with Gasteiger partial charge in [0, 0.05) is 12.5 Å². The summed E-state index contributed by atoms with van der Waals surface area (Å²) in [5, 5.41) is 2.83. The van der Waals surface area contributed by atoms with Crippen molar-refractivity contribution in [2.45, 2.75) is 38.8 Å². The van der Waals surface area contributed by atoms with E-state index in [4.69, 9.17) is 10.5 Å². The van der Waals surface area contributed by atoms with Gasteiger partial charge in [0.15, 0.2) is 0 Å². The molecule has 20 heavy (non-hydrogen) atoms. The third-order valence-electron chi connectivity index (χ3n) is 2.72. The Morgan fingerprint density at radius 1 is 1.25 bits per heavy atom. The first-order valence-corrected chi connectivity index (χ1v) is 6.78. The van der Waals surface area contributed by atoms with Gasteiger partial charge in [0.1, 0.15) is 0 Å². The minimum Gasteiger partial charge on any atom is -0.466 e. The lowest BCUT2D eigenvalue weighted by molar-refractivity contribution is -0.143. The normalized spacial score (nSPS) is 13.3. The van der Waals surface area contributed by atoms with Gasteiger partial charge in [0.05, 0.1) is 19.1 Å². The van der Waals surface area contributed by atoms with Crippen molar-refractivity contribution >= 4 is 11.9 Å². The molecule has 0 heterocycles. The highest BCUT2D eigenvalue weighted by molar-refractivity contribution is 5.78. The number of hydrogen-bond acceptors (Lipinski definition) is 4. The predicted molar refractivity (Wildman–Crippen MR) is 76.8 cm³/mol. The molecule has 0 saturated carbocycles. The molecule has 1 aromatic carbocycles. The summed E-state index contributed by atoms with van der Waals surface area (Å²) < 4.78 is 4.94. The van der Waals surface area contributed by atoms with E-state index >= 15 is 0 Å². The number of carbonyl (C=O) groups is 2. The summed E-state index contributed by atoms with van der Waals surface area (Å²) in [7, 11) is 0. The van der Waals surface area contributed by atoms with Gasteiger partial charge in [-0.1, -0.05) is 30.3 Å². The van der Waals surface area contributed by atoms with E-state index in [0.29, 0.717) is 6.61 Å². The molecule has 5 nitrogen and oxygen atoms in total. The third-order valence-corrected chi connectivity index (χ3v) is 2.72. The zero-order chi connectivity index (χ0) is 15.0. The second-order valence-corrected chi connectivity index (χ2v) is 4.72. The maximum Gasteiger partial charge on any atom is 0.308 e.